The molecule has 0 rings (SSSR count). The summed E-state index contributed by atoms with van der Waals surface area (Å²) in [6.07, 6.45) is 58.1. The van der Waals surface area contributed by atoms with Crippen LogP contribution >= 0.6 is 15.6 Å². The molecule has 588 valence electrons. The molecule has 0 aromatic heterocycles. The first-order valence-corrected chi connectivity index (χ1v) is 44.5. The maximum atomic E-state index is 13.1. The lowest BCUT2D eigenvalue weighted by Crippen LogP contribution is -2.30. The summed E-state index contributed by atoms with van der Waals surface area (Å²) in [5.74, 6) is 0.267. The third-order valence-electron chi connectivity index (χ3n) is 19.7. The number of hydrogen-bond acceptors (Lipinski definition) is 15. The van der Waals surface area contributed by atoms with Crippen LogP contribution in [0, 0.1) is 17.8 Å². The van der Waals surface area contributed by atoms with Gasteiger partial charge in [-0.25, -0.2) is 9.13 Å². The zero-order valence-corrected chi connectivity index (χ0v) is 66.8. The van der Waals surface area contributed by atoms with Crippen LogP contribution in [0.15, 0.2) is 0 Å². The summed E-state index contributed by atoms with van der Waals surface area (Å²) in [5.41, 5.74) is 0. The zero-order chi connectivity index (χ0) is 73.0. The second kappa shape index (κ2) is 70.4. The van der Waals surface area contributed by atoms with Crippen LogP contribution in [-0.4, -0.2) is 96.7 Å². The van der Waals surface area contributed by atoms with E-state index in [0.29, 0.717) is 25.7 Å². The van der Waals surface area contributed by atoms with Crippen molar-refractivity contribution in [3.63, 3.8) is 0 Å². The van der Waals surface area contributed by atoms with Crippen LogP contribution in [0.3, 0.4) is 0 Å². The predicted octanol–water partition coefficient (Wildman–Crippen LogP) is 23.7. The third-order valence-corrected chi connectivity index (χ3v) is 21.6. The molecule has 0 bridgehead atoms. The van der Waals surface area contributed by atoms with E-state index in [1.807, 2.05) is 0 Å². The smallest absolute Gasteiger partial charge is 0.462 e. The average Bonchev–Trinajstić information content (AvgIpc) is 1.26. The largest absolute Gasteiger partial charge is 0.472 e. The lowest BCUT2D eigenvalue weighted by molar-refractivity contribution is -0.161. The zero-order valence-electron chi connectivity index (χ0n) is 65.0. The molecular weight excluding hydrogens is 1290 g/mol. The first-order valence-electron chi connectivity index (χ1n) is 41.5. The molecule has 3 N–H and O–H groups in total. The van der Waals surface area contributed by atoms with Crippen molar-refractivity contribution < 1.29 is 80.2 Å². The van der Waals surface area contributed by atoms with E-state index >= 15 is 0 Å². The molecular formula is C80H156O17P2. The molecule has 0 radical (unpaired) electrons. The van der Waals surface area contributed by atoms with E-state index in [4.69, 9.17) is 37.0 Å². The van der Waals surface area contributed by atoms with E-state index in [-0.39, 0.29) is 25.7 Å². The molecule has 19 heteroatoms. The molecule has 99 heavy (non-hydrogen) atoms. The summed E-state index contributed by atoms with van der Waals surface area (Å²) in [6.45, 7) is 12.0. The molecule has 0 heterocycles. The molecule has 0 aliphatic carbocycles. The summed E-state index contributed by atoms with van der Waals surface area (Å²) in [5, 5.41) is 10.6. The van der Waals surface area contributed by atoms with Gasteiger partial charge in [0.15, 0.2) is 12.2 Å². The van der Waals surface area contributed by atoms with Gasteiger partial charge in [0.05, 0.1) is 26.4 Å². The van der Waals surface area contributed by atoms with Gasteiger partial charge in [0, 0.05) is 25.7 Å². The number of ether oxygens (including phenoxy) is 4. The Kier molecular flexibility index (Phi) is 69.0. The molecule has 17 nitrogen and oxygen atoms in total. The van der Waals surface area contributed by atoms with Crippen molar-refractivity contribution in [2.45, 2.75) is 433 Å². The van der Waals surface area contributed by atoms with Gasteiger partial charge in [0.1, 0.15) is 19.3 Å². The van der Waals surface area contributed by atoms with Gasteiger partial charge in [-0.1, -0.05) is 363 Å². The molecule has 8 atom stereocenters. The maximum absolute atomic E-state index is 13.1. The summed E-state index contributed by atoms with van der Waals surface area (Å²) < 4.78 is 68.7. The Bertz CT molecular complexity index is 1930. The van der Waals surface area contributed by atoms with E-state index in [1.165, 1.54) is 218 Å². The first kappa shape index (κ1) is 97.1. The fraction of sp³-hybridized carbons (Fsp3) is 0.950. The van der Waals surface area contributed by atoms with E-state index in [2.05, 4.69) is 48.5 Å². The summed E-state index contributed by atoms with van der Waals surface area (Å²) in [4.78, 5) is 73.0. The molecule has 0 spiro atoms. The Morgan fingerprint density at radius 1 is 0.283 bits per heavy atom. The lowest BCUT2D eigenvalue weighted by Gasteiger charge is -2.21. The topological polar surface area (TPSA) is 237 Å². The molecule has 0 aliphatic heterocycles. The van der Waals surface area contributed by atoms with Crippen molar-refractivity contribution in [2.75, 3.05) is 39.6 Å². The number of rotatable bonds is 78. The molecule has 0 saturated carbocycles. The van der Waals surface area contributed by atoms with E-state index in [1.54, 1.807) is 0 Å². The molecule has 0 aliphatic rings. The van der Waals surface area contributed by atoms with Gasteiger partial charge in [-0.15, -0.1) is 0 Å². The minimum atomic E-state index is -4.96. The highest BCUT2D eigenvalue weighted by Crippen LogP contribution is 2.45. The Morgan fingerprint density at radius 2 is 0.485 bits per heavy atom. The normalized spacial score (nSPS) is 14.8. The highest BCUT2D eigenvalue weighted by molar-refractivity contribution is 7.47. The van der Waals surface area contributed by atoms with Crippen LogP contribution in [0.25, 0.3) is 0 Å². The predicted molar refractivity (Wildman–Crippen MR) is 405 cm³/mol. The van der Waals surface area contributed by atoms with Crippen molar-refractivity contribution in [3.05, 3.63) is 0 Å². The monoisotopic (exact) mass is 1450 g/mol. The Balaban J connectivity index is 5.26. The van der Waals surface area contributed by atoms with Crippen molar-refractivity contribution in [1.29, 1.82) is 0 Å². The van der Waals surface area contributed by atoms with Crippen molar-refractivity contribution in [3.8, 4) is 0 Å². The van der Waals surface area contributed by atoms with Crippen molar-refractivity contribution in [2.24, 2.45) is 17.8 Å². The van der Waals surface area contributed by atoms with Crippen LogP contribution in [0.4, 0.5) is 0 Å². The molecule has 0 saturated heterocycles. The quantitative estimate of drug-likeness (QED) is 0.0222. The molecule has 0 aromatic rings. The second-order valence-corrected chi connectivity index (χ2v) is 32.4. The Labute approximate surface area is 607 Å². The summed E-state index contributed by atoms with van der Waals surface area (Å²) >= 11 is 0. The third kappa shape index (κ3) is 70.2. The maximum Gasteiger partial charge on any atom is 0.472 e. The van der Waals surface area contributed by atoms with Gasteiger partial charge in [-0.3, -0.25) is 37.3 Å². The number of aliphatic hydroxyl groups is 1. The van der Waals surface area contributed by atoms with E-state index < -0.39 is 97.5 Å². The Hall–Kier alpha value is -1.94. The fourth-order valence-corrected chi connectivity index (χ4v) is 13.8. The fourth-order valence-electron chi connectivity index (χ4n) is 12.2. The lowest BCUT2D eigenvalue weighted by atomic mass is 9.99. The number of hydrogen-bond donors (Lipinski definition) is 3. The van der Waals surface area contributed by atoms with Crippen LogP contribution in [0.1, 0.15) is 414 Å². The van der Waals surface area contributed by atoms with E-state index in [0.717, 1.165) is 114 Å². The molecule has 5 unspecified atom stereocenters. The molecule has 0 aromatic carbocycles. The summed E-state index contributed by atoms with van der Waals surface area (Å²) in [6, 6.07) is 0. The highest BCUT2D eigenvalue weighted by Gasteiger charge is 2.30. The number of carbonyl (C=O) groups excluding carboxylic acids is 4. The van der Waals surface area contributed by atoms with Gasteiger partial charge in [0.2, 0.25) is 0 Å². The number of esters is 4. The number of unbranched alkanes of at least 4 members (excludes halogenated alkanes) is 43. The van der Waals surface area contributed by atoms with Gasteiger partial charge in [0.25, 0.3) is 0 Å². The van der Waals surface area contributed by atoms with Gasteiger partial charge >= 0.3 is 39.5 Å². The van der Waals surface area contributed by atoms with Crippen LogP contribution in [-0.2, 0) is 65.4 Å². The number of carbonyl (C=O) groups is 4. The minimum absolute atomic E-state index is 0.105. The number of phosphoric ester groups is 2. The minimum Gasteiger partial charge on any atom is -0.462 e. The Morgan fingerprint density at radius 3 is 0.717 bits per heavy atom. The molecule has 0 fully saturated rings. The van der Waals surface area contributed by atoms with E-state index in [9.17, 15) is 43.2 Å². The van der Waals surface area contributed by atoms with Gasteiger partial charge < -0.3 is 33.8 Å². The van der Waals surface area contributed by atoms with Crippen LogP contribution in [0.2, 0.25) is 0 Å². The first-order chi connectivity index (χ1) is 47.8. The van der Waals surface area contributed by atoms with Crippen molar-refractivity contribution in [1.82, 2.24) is 0 Å². The van der Waals surface area contributed by atoms with Crippen molar-refractivity contribution >= 4 is 39.5 Å². The average molecular weight is 1450 g/mol. The standard InChI is InChI=1S/C80H156O17P2/c1-8-12-13-14-15-16-17-18-19-20-21-25-28-34-39-47-54-61-77(82)90-67-75(96-79(84)63-56-49-40-35-29-26-23-22-24-27-32-37-44-51-58-71(5)9-2)69-94-98(86,87)92-65-74(81)66-93-99(88,89)95-70-76(68-91-78(83)62-55-48-43-42-46-53-60-73(7)11-4)97-80(85)64-57-50-41-36-31-30-33-38-45-52-59-72(6)10-3/h71-76,81H,8-70H2,1-7H3,(H,86,87)(H,88,89)/t71?,72?,73?,74-,75-,76-/m1/s1. The summed E-state index contributed by atoms with van der Waals surface area (Å²) in [7, 11) is -9.92. The van der Waals surface area contributed by atoms with Gasteiger partial charge in [-0.2, -0.15) is 0 Å². The SMILES string of the molecule is CCCCCCCCCCCCCCCCCCCC(=O)OC[C@H](COP(=O)(O)OC[C@@H](O)COP(=O)(O)OC[C@@H](COC(=O)CCCCCCCCC(C)CC)OC(=O)CCCCCCCCCCCCC(C)CC)OC(=O)CCCCCCCCCCCCCCCCC(C)CC. The number of aliphatic hydroxyl groups excluding tert-OH is 1. The second-order valence-electron chi connectivity index (χ2n) is 29.5. The van der Waals surface area contributed by atoms with Crippen LogP contribution < -0.4 is 0 Å². The van der Waals surface area contributed by atoms with Gasteiger partial charge in [-0.05, 0) is 43.4 Å². The van der Waals surface area contributed by atoms with Crippen LogP contribution in [0.5, 0.6) is 0 Å². The highest BCUT2D eigenvalue weighted by atomic mass is 31.2. The molecule has 0 amide bonds. The number of phosphoric acid groups is 2.